The summed E-state index contributed by atoms with van der Waals surface area (Å²) in [7, 11) is -3.31. The molecule has 0 saturated carbocycles. The first kappa shape index (κ1) is 17.2. The van der Waals surface area contributed by atoms with E-state index in [0.29, 0.717) is 12.1 Å². The van der Waals surface area contributed by atoms with Crippen molar-refractivity contribution in [2.75, 3.05) is 6.54 Å². The maximum atomic E-state index is 12.8. The number of benzene rings is 1. The summed E-state index contributed by atoms with van der Waals surface area (Å²) in [5.74, 6) is -0.0483. The molecule has 1 aromatic heterocycles. The molecular formula is C18H21NO3S2. The van der Waals surface area contributed by atoms with E-state index in [0.717, 1.165) is 6.42 Å². The highest BCUT2D eigenvalue weighted by atomic mass is 32.2. The summed E-state index contributed by atoms with van der Waals surface area (Å²) < 4.78 is 24.4. The number of thiophene rings is 1. The molecule has 1 amide bonds. The van der Waals surface area contributed by atoms with Crippen LogP contribution in [0.5, 0.6) is 0 Å². The third-order valence-corrected chi connectivity index (χ3v) is 7.76. The van der Waals surface area contributed by atoms with Gasteiger partial charge in [0, 0.05) is 17.0 Å². The number of fused-ring (bicyclic) bond motifs is 1. The number of carbonyl (C=O) groups excluding carboxylic acids is 1. The Morgan fingerprint density at radius 1 is 1.21 bits per heavy atom. The number of sulfone groups is 1. The largest absolute Gasteiger partial charge is 0.331 e. The third-order valence-electron chi connectivity index (χ3n) is 4.59. The van der Waals surface area contributed by atoms with Gasteiger partial charge in [-0.05, 0) is 68.5 Å². The quantitative estimate of drug-likeness (QED) is 0.836. The predicted octanol–water partition coefficient (Wildman–Crippen LogP) is 3.69. The van der Waals surface area contributed by atoms with Crippen LogP contribution in [0.15, 0.2) is 40.6 Å². The fraction of sp³-hybridized carbons (Fsp3) is 0.389. The van der Waals surface area contributed by atoms with Crippen LogP contribution < -0.4 is 0 Å². The highest BCUT2D eigenvalue weighted by Crippen LogP contribution is 2.33. The number of hydrogen-bond donors (Lipinski definition) is 0. The molecule has 1 aromatic carbocycles. The summed E-state index contributed by atoms with van der Waals surface area (Å²) in [6.07, 6.45) is 0.878. The Labute approximate surface area is 147 Å². The lowest BCUT2D eigenvalue weighted by Crippen LogP contribution is -2.38. The Morgan fingerprint density at radius 2 is 1.88 bits per heavy atom. The van der Waals surface area contributed by atoms with Crippen molar-refractivity contribution in [2.45, 2.75) is 43.4 Å². The van der Waals surface area contributed by atoms with Crippen LogP contribution in [-0.2, 0) is 16.3 Å². The molecule has 0 N–H and O–H groups in total. The molecule has 1 aliphatic rings. The van der Waals surface area contributed by atoms with Crippen LogP contribution in [0.3, 0.4) is 0 Å². The van der Waals surface area contributed by atoms with Crippen LogP contribution in [0.2, 0.25) is 0 Å². The normalized spacial score (nSPS) is 17.8. The Bertz CT molecular complexity index is 851. The highest BCUT2D eigenvalue weighted by molar-refractivity contribution is 7.92. The first-order valence-corrected chi connectivity index (χ1v) is 10.5. The van der Waals surface area contributed by atoms with E-state index in [1.165, 1.54) is 22.6 Å². The average Bonchev–Trinajstić information content (AvgIpc) is 3.04. The molecule has 4 nitrogen and oxygen atoms in total. The number of nitrogens with zero attached hydrogens (tertiary/aromatic N) is 1. The van der Waals surface area contributed by atoms with E-state index in [1.54, 1.807) is 37.3 Å². The van der Waals surface area contributed by atoms with Crippen LogP contribution in [0.1, 0.15) is 47.6 Å². The average molecular weight is 364 g/mol. The van der Waals surface area contributed by atoms with E-state index in [4.69, 9.17) is 0 Å². The van der Waals surface area contributed by atoms with E-state index >= 15 is 0 Å². The summed E-state index contributed by atoms with van der Waals surface area (Å²) in [5.41, 5.74) is 1.75. The van der Waals surface area contributed by atoms with Gasteiger partial charge in [-0.25, -0.2) is 8.42 Å². The minimum Gasteiger partial charge on any atom is -0.331 e. The van der Waals surface area contributed by atoms with E-state index in [-0.39, 0.29) is 16.8 Å². The molecule has 6 heteroatoms. The molecule has 3 rings (SSSR count). The lowest BCUT2D eigenvalue weighted by molar-refractivity contribution is 0.0679. The first-order chi connectivity index (χ1) is 11.3. The molecule has 1 atom stereocenters. The molecule has 2 aromatic rings. The van der Waals surface area contributed by atoms with Gasteiger partial charge in [0.05, 0.1) is 16.2 Å². The molecule has 0 spiro atoms. The Hall–Kier alpha value is -1.66. The maximum absolute atomic E-state index is 12.8. The predicted molar refractivity (Wildman–Crippen MR) is 96.2 cm³/mol. The number of amides is 1. The lowest BCUT2D eigenvalue weighted by Gasteiger charge is -2.33. The number of hydrogen-bond acceptors (Lipinski definition) is 4. The van der Waals surface area contributed by atoms with Crippen molar-refractivity contribution in [3.8, 4) is 0 Å². The number of carbonyl (C=O) groups is 1. The van der Waals surface area contributed by atoms with E-state index < -0.39 is 15.1 Å². The van der Waals surface area contributed by atoms with Gasteiger partial charge in [-0.2, -0.15) is 0 Å². The molecule has 0 bridgehead atoms. The van der Waals surface area contributed by atoms with Crippen LogP contribution in [0.4, 0.5) is 0 Å². The molecule has 24 heavy (non-hydrogen) atoms. The van der Waals surface area contributed by atoms with Crippen molar-refractivity contribution in [1.82, 2.24) is 4.90 Å². The second-order valence-electron chi connectivity index (χ2n) is 6.34. The zero-order valence-electron chi connectivity index (χ0n) is 14.0. The van der Waals surface area contributed by atoms with Gasteiger partial charge in [0.2, 0.25) is 0 Å². The molecular weight excluding hydrogens is 342 g/mol. The van der Waals surface area contributed by atoms with Crippen molar-refractivity contribution in [1.29, 1.82) is 0 Å². The fourth-order valence-electron chi connectivity index (χ4n) is 3.01. The van der Waals surface area contributed by atoms with E-state index in [1.807, 2.05) is 11.8 Å². The van der Waals surface area contributed by atoms with Crippen molar-refractivity contribution in [3.05, 3.63) is 51.7 Å². The monoisotopic (exact) mass is 363 g/mol. The minimum absolute atomic E-state index is 0.0478. The number of rotatable bonds is 3. The van der Waals surface area contributed by atoms with Crippen molar-refractivity contribution >= 4 is 27.1 Å². The van der Waals surface area contributed by atoms with Crippen LogP contribution in [0, 0.1) is 0 Å². The van der Waals surface area contributed by atoms with Gasteiger partial charge in [0.15, 0.2) is 9.84 Å². The summed E-state index contributed by atoms with van der Waals surface area (Å²) in [5, 5.41) is 1.60. The summed E-state index contributed by atoms with van der Waals surface area (Å²) in [6.45, 7) is 6.05. The van der Waals surface area contributed by atoms with Gasteiger partial charge in [-0.1, -0.05) is 0 Å². The van der Waals surface area contributed by atoms with Gasteiger partial charge < -0.3 is 4.90 Å². The van der Waals surface area contributed by atoms with Gasteiger partial charge in [0.25, 0.3) is 5.91 Å². The highest BCUT2D eigenvalue weighted by Gasteiger charge is 2.29. The first-order valence-electron chi connectivity index (χ1n) is 8.03. The fourth-order valence-corrected chi connectivity index (χ4v) is 5.03. The molecule has 0 aliphatic carbocycles. The molecule has 128 valence electrons. The molecule has 0 radical (unpaired) electrons. The van der Waals surface area contributed by atoms with E-state index in [9.17, 15) is 13.2 Å². The molecule has 0 fully saturated rings. The second-order valence-corrected chi connectivity index (χ2v) is 9.85. The molecule has 1 unspecified atom stereocenters. The van der Waals surface area contributed by atoms with Crippen LogP contribution in [0.25, 0.3) is 0 Å². The lowest BCUT2D eigenvalue weighted by atomic mass is 10.0. The topological polar surface area (TPSA) is 54.5 Å². The van der Waals surface area contributed by atoms with Gasteiger partial charge >= 0.3 is 0 Å². The minimum atomic E-state index is -3.31. The zero-order valence-corrected chi connectivity index (χ0v) is 15.7. The van der Waals surface area contributed by atoms with Crippen LogP contribution in [-0.4, -0.2) is 31.0 Å². The van der Waals surface area contributed by atoms with Crippen LogP contribution >= 0.6 is 11.3 Å². The van der Waals surface area contributed by atoms with Crippen molar-refractivity contribution in [2.24, 2.45) is 0 Å². The van der Waals surface area contributed by atoms with Gasteiger partial charge in [-0.3, -0.25) is 4.79 Å². The van der Waals surface area contributed by atoms with Crippen molar-refractivity contribution < 1.29 is 13.2 Å². The standard InChI is InChI=1S/C18H21NO3S2/c1-12(2)24(21,22)15-6-4-14(5-7-15)18(20)19-10-8-17-16(13(19)3)9-11-23-17/h4-7,9,11-13H,8,10H2,1-3H3. The third kappa shape index (κ3) is 2.89. The molecule has 1 aliphatic heterocycles. The maximum Gasteiger partial charge on any atom is 0.254 e. The second kappa shape index (κ2) is 6.33. The van der Waals surface area contributed by atoms with Crippen molar-refractivity contribution in [3.63, 3.8) is 0 Å². The summed E-state index contributed by atoms with van der Waals surface area (Å²) in [6, 6.07) is 8.44. The van der Waals surface area contributed by atoms with Gasteiger partial charge in [0.1, 0.15) is 0 Å². The Kier molecular flexibility index (Phi) is 4.53. The Morgan fingerprint density at radius 3 is 2.50 bits per heavy atom. The smallest absolute Gasteiger partial charge is 0.254 e. The summed E-state index contributed by atoms with van der Waals surface area (Å²) >= 11 is 1.74. The molecule has 0 saturated heterocycles. The van der Waals surface area contributed by atoms with Gasteiger partial charge in [-0.15, -0.1) is 11.3 Å². The van der Waals surface area contributed by atoms with E-state index in [2.05, 4.69) is 11.4 Å². The SMILES string of the molecule is CC1c2ccsc2CCN1C(=O)c1ccc(S(=O)(=O)C(C)C)cc1. The molecule has 2 heterocycles. The Balaban J connectivity index is 1.84. The summed E-state index contributed by atoms with van der Waals surface area (Å²) in [4.78, 5) is 16.3. The zero-order chi connectivity index (χ0) is 17.5.